The first-order chi connectivity index (χ1) is 5.79. The smallest absolute Gasteiger partial charge is 0.328 e. The molecule has 1 atom stereocenters. The third kappa shape index (κ3) is 0.975. The van der Waals surface area contributed by atoms with E-state index in [4.69, 9.17) is 5.11 Å². The lowest BCUT2D eigenvalue weighted by molar-refractivity contribution is -0.141. The molecule has 0 radical (unpaired) electrons. The Labute approximate surface area is 69.0 Å². The summed E-state index contributed by atoms with van der Waals surface area (Å²) in [6.07, 6.45) is 3.79. The molecule has 2 rings (SSSR count). The minimum Gasteiger partial charge on any atom is -0.480 e. The molecule has 0 aliphatic carbocycles. The summed E-state index contributed by atoms with van der Waals surface area (Å²) in [7, 11) is 0. The molecule has 5 heteroatoms. The third-order valence-corrected chi connectivity index (χ3v) is 2.11. The molecule has 1 unspecified atom stereocenters. The van der Waals surface area contributed by atoms with Crippen LogP contribution in [0.15, 0.2) is 6.33 Å². The number of nitrogens with zero attached hydrogens (tertiary/aromatic N) is 3. The minimum atomic E-state index is -0.818. The fourth-order valence-corrected chi connectivity index (χ4v) is 1.52. The molecule has 1 N–H and O–H groups in total. The van der Waals surface area contributed by atoms with Crippen molar-refractivity contribution in [2.24, 2.45) is 0 Å². The first-order valence-electron chi connectivity index (χ1n) is 3.90. The molecule has 1 aromatic heterocycles. The Bertz CT molecular complexity index is 307. The van der Waals surface area contributed by atoms with Crippen molar-refractivity contribution in [3.05, 3.63) is 12.2 Å². The van der Waals surface area contributed by atoms with Gasteiger partial charge in [0, 0.05) is 6.42 Å². The molecule has 0 saturated carbocycles. The van der Waals surface area contributed by atoms with Crippen LogP contribution in [0, 0.1) is 0 Å². The van der Waals surface area contributed by atoms with Crippen LogP contribution in [0.3, 0.4) is 0 Å². The van der Waals surface area contributed by atoms with Crippen LogP contribution in [0.4, 0.5) is 0 Å². The van der Waals surface area contributed by atoms with E-state index in [1.165, 1.54) is 11.0 Å². The predicted molar refractivity (Wildman–Crippen MR) is 39.6 cm³/mol. The Hall–Kier alpha value is -1.39. The van der Waals surface area contributed by atoms with Crippen LogP contribution in [0.2, 0.25) is 0 Å². The molecule has 1 aliphatic rings. The van der Waals surface area contributed by atoms with Crippen molar-refractivity contribution in [2.45, 2.75) is 25.3 Å². The van der Waals surface area contributed by atoms with E-state index in [-0.39, 0.29) is 0 Å². The van der Waals surface area contributed by atoms with Gasteiger partial charge in [0.1, 0.15) is 12.2 Å². The number of carbonyl (C=O) groups is 1. The van der Waals surface area contributed by atoms with Crippen molar-refractivity contribution >= 4 is 5.97 Å². The maximum absolute atomic E-state index is 10.7. The van der Waals surface area contributed by atoms with E-state index in [1.807, 2.05) is 0 Å². The summed E-state index contributed by atoms with van der Waals surface area (Å²) in [5.74, 6) is -0.0323. The third-order valence-electron chi connectivity index (χ3n) is 2.11. The lowest BCUT2D eigenvalue weighted by Gasteiger charge is -2.19. The zero-order chi connectivity index (χ0) is 8.55. The van der Waals surface area contributed by atoms with Crippen LogP contribution >= 0.6 is 0 Å². The van der Waals surface area contributed by atoms with Crippen molar-refractivity contribution in [1.29, 1.82) is 0 Å². The summed E-state index contributed by atoms with van der Waals surface area (Å²) in [5.41, 5.74) is 0. The number of aliphatic carboxylic acids is 1. The van der Waals surface area contributed by atoms with Gasteiger partial charge in [-0.2, -0.15) is 5.10 Å². The second-order valence-electron chi connectivity index (χ2n) is 2.87. The van der Waals surface area contributed by atoms with Gasteiger partial charge < -0.3 is 5.11 Å². The van der Waals surface area contributed by atoms with Crippen LogP contribution in [-0.4, -0.2) is 25.8 Å². The predicted octanol–water partition coefficient (Wildman–Crippen LogP) is 0.240. The standard InChI is InChI=1S/C7H9N3O2/c11-7(12)5-2-1-3-6-8-4-9-10(5)6/h4-5H,1-3H2,(H,11,12). The van der Waals surface area contributed by atoms with Crippen molar-refractivity contribution in [1.82, 2.24) is 14.8 Å². The quantitative estimate of drug-likeness (QED) is 0.650. The summed E-state index contributed by atoms with van der Waals surface area (Å²) in [5, 5.41) is 12.7. The Kier molecular flexibility index (Phi) is 1.56. The van der Waals surface area contributed by atoms with Gasteiger partial charge >= 0.3 is 5.97 Å². The minimum absolute atomic E-state index is 0.503. The maximum Gasteiger partial charge on any atom is 0.328 e. The molecular weight excluding hydrogens is 158 g/mol. The highest BCUT2D eigenvalue weighted by molar-refractivity contribution is 5.71. The highest BCUT2D eigenvalue weighted by Gasteiger charge is 2.26. The largest absolute Gasteiger partial charge is 0.480 e. The number of hydrogen-bond donors (Lipinski definition) is 1. The van der Waals surface area contributed by atoms with E-state index in [1.54, 1.807) is 0 Å². The van der Waals surface area contributed by atoms with Gasteiger partial charge in [-0.1, -0.05) is 0 Å². The Morgan fingerprint density at radius 2 is 2.58 bits per heavy atom. The van der Waals surface area contributed by atoms with Crippen LogP contribution in [0.25, 0.3) is 0 Å². The van der Waals surface area contributed by atoms with Gasteiger partial charge in [0.05, 0.1) is 0 Å². The number of fused-ring (bicyclic) bond motifs is 1. The molecule has 1 aromatic rings. The van der Waals surface area contributed by atoms with E-state index >= 15 is 0 Å². The van der Waals surface area contributed by atoms with E-state index in [0.717, 1.165) is 18.7 Å². The number of hydrogen-bond acceptors (Lipinski definition) is 3. The summed E-state index contributed by atoms with van der Waals surface area (Å²) in [6, 6.07) is -0.503. The van der Waals surface area contributed by atoms with Gasteiger partial charge in [-0.15, -0.1) is 0 Å². The molecule has 64 valence electrons. The Morgan fingerprint density at radius 3 is 3.33 bits per heavy atom. The van der Waals surface area contributed by atoms with Crippen molar-refractivity contribution < 1.29 is 9.90 Å². The summed E-state index contributed by atoms with van der Waals surface area (Å²) >= 11 is 0. The second kappa shape index (κ2) is 2.58. The van der Waals surface area contributed by atoms with Crippen LogP contribution in [0.5, 0.6) is 0 Å². The Morgan fingerprint density at radius 1 is 1.75 bits per heavy atom. The maximum atomic E-state index is 10.7. The molecule has 5 nitrogen and oxygen atoms in total. The SMILES string of the molecule is O=C(O)C1CCCc2ncnn21. The van der Waals surface area contributed by atoms with Crippen LogP contribution in [-0.2, 0) is 11.2 Å². The lowest BCUT2D eigenvalue weighted by atomic mass is 10.1. The fourth-order valence-electron chi connectivity index (χ4n) is 1.52. The van der Waals surface area contributed by atoms with Gasteiger partial charge in [-0.3, -0.25) is 0 Å². The summed E-state index contributed by atoms with van der Waals surface area (Å²) < 4.78 is 1.51. The van der Waals surface area contributed by atoms with Crippen molar-refractivity contribution in [3.8, 4) is 0 Å². The van der Waals surface area contributed by atoms with Gasteiger partial charge in [0.2, 0.25) is 0 Å². The van der Waals surface area contributed by atoms with E-state index in [0.29, 0.717) is 6.42 Å². The van der Waals surface area contributed by atoms with E-state index in [9.17, 15) is 4.79 Å². The molecule has 2 heterocycles. The highest BCUT2D eigenvalue weighted by Crippen LogP contribution is 2.21. The average Bonchev–Trinajstić information content (AvgIpc) is 2.49. The van der Waals surface area contributed by atoms with Crippen molar-refractivity contribution in [2.75, 3.05) is 0 Å². The normalized spacial score (nSPS) is 21.8. The molecular formula is C7H9N3O2. The average molecular weight is 167 g/mol. The molecule has 0 fully saturated rings. The zero-order valence-electron chi connectivity index (χ0n) is 6.47. The van der Waals surface area contributed by atoms with Gasteiger partial charge in [0.15, 0.2) is 6.04 Å². The molecule has 0 saturated heterocycles. The number of rotatable bonds is 1. The van der Waals surface area contributed by atoms with Crippen LogP contribution in [0.1, 0.15) is 24.7 Å². The van der Waals surface area contributed by atoms with E-state index in [2.05, 4.69) is 10.1 Å². The van der Waals surface area contributed by atoms with Crippen molar-refractivity contribution in [3.63, 3.8) is 0 Å². The number of aryl methyl sites for hydroxylation is 1. The number of aromatic nitrogens is 3. The molecule has 0 aromatic carbocycles. The fraction of sp³-hybridized carbons (Fsp3) is 0.571. The zero-order valence-corrected chi connectivity index (χ0v) is 6.47. The number of carboxylic acids is 1. The second-order valence-corrected chi connectivity index (χ2v) is 2.87. The van der Waals surface area contributed by atoms with Gasteiger partial charge in [0.25, 0.3) is 0 Å². The molecule has 0 amide bonds. The summed E-state index contributed by atoms with van der Waals surface area (Å²) in [4.78, 5) is 14.7. The monoisotopic (exact) mass is 167 g/mol. The first-order valence-corrected chi connectivity index (χ1v) is 3.90. The van der Waals surface area contributed by atoms with Gasteiger partial charge in [-0.05, 0) is 12.8 Å². The summed E-state index contributed by atoms with van der Waals surface area (Å²) in [6.45, 7) is 0. The highest BCUT2D eigenvalue weighted by atomic mass is 16.4. The Balaban J connectivity index is 2.37. The molecule has 0 bridgehead atoms. The molecule has 12 heavy (non-hydrogen) atoms. The molecule has 1 aliphatic heterocycles. The van der Waals surface area contributed by atoms with Gasteiger partial charge in [-0.25, -0.2) is 14.5 Å². The first kappa shape index (κ1) is 7.27. The topological polar surface area (TPSA) is 68.0 Å². The van der Waals surface area contributed by atoms with E-state index < -0.39 is 12.0 Å². The number of carboxylic acid groups (broad SMARTS) is 1. The van der Waals surface area contributed by atoms with Crippen LogP contribution < -0.4 is 0 Å². The lowest BCUT2D eigenvalue weighted by Crippen LogP contribution is -2.25. The molecule has 0 spiro atoms.